The van der Waals surface area contributed by atoms with Gasteiger partial charge in [0, 0.05) is 33.0 Å². The smallest absolute Gasteiger partial charge is 0.191 e. The molecule has 2 N–H and O–H groups in total. The van der Waals surface area contributed by atoms with E-state index in [0.717, 1.165) is 62.3 Å². The van der Waals surface area contributed by atoms with Crippen molar-refractivity contribution in [1.29, 1.82) is 0 Å². The van der Waals surface area contributed by atoms with Crippen molar-refractivity contribution in [3.63, 3.8) is 0 Å². The molecule has 1 aromatic heterocycles. The molecule has 2 aromatic rings. The molecule has 1 aliphatic heterocycles. The average Bonchev–Trinajstić information content (AvgIpc) is 3.00. The maximum Gasteiger partial charge on any atom is 0.191 e. The first-order chi connectivity index (χ1) is 15.1. The predicted octanol–water partition coefficient (Wildman–Crippen LogP) is 3.90. The van der Waals surface area contributed by atoms with Gasteiger partial charge >= 0.3 is 0 Å². The van der Waals surface area contributed by atoms with Gasteiger partial charge in [-0.1, -0.05) is 32.4 Å². The van der Waals surface area contributed by atoms with Gasteiger partial charge in [-0.05, 0) is 49.8 Å². The molecule has 2 heterocycles. The predicted molar refractivity (Wildman–Crippen MR) is 126 cm³/mol. The minimum absolute atomic E-state index is 0.151. The number of rotatable bonds is 9. The van der Waals surface area contributed by atoms with Crippen LogP contribution in [0.3, 0.4) is 0 Å². The maximum atomic E-state index is 5.77. The Labute approximate surface area is 186 Å². The van der Waals surface area contributed by atoms with Crippen LogP contribution in [0.15, 0.2) is 29.3 Å². The van der Waals surface area contributed by atoms with E-state index >= 15 is 0 Å². The summed E-state index contributed by atoms with van der Waals surface area (Å²) < 4.78 is 8.10. The number of aromatic nitrogens is 3. The molecule has 0 saturated carbocycles. The molecule has 7 nitrogen and oxygen atoms in total. The quantitative estimate of drug-likeness (QED) is 0.361. The lowest BCUT2D eigenvalue weighted by molar-refractivity contribution is 0.271. The van der Waals surface area contributed by atoms with E-state index in [1.807, 2.05) is 19.2 Å². The van der Waals surface area contributed by atoms with Crippen molar-refractivity contribution < 1.29 is 4.74 Å². The third-order valence-corrected chi connectivity index (χ3v) is 5.60. The Hall–Kier alpha value is -2.57. The van der Waals surface area contributed by atoms with Crippen molar-refractivity contribution >= 4 is 5.96 Å². The van der Waals surface area contributed by atoms with Crippen molar-refractivity contribution in [2.75, 3.05) is 20.2 Å². The third-order valence-electron chi connectivity index (χ3n) is 5.60. The summed E-state index contributed by atoms with van der Waals surface area (Å²) in [4.78, 5) is 4.37. The van der Waals surface area contributed by atoms with Crippen molar-refractivity contribution in [2.24, 2.45) is 10.9 Å². The van der Waals surface area contributed by atoms with Crippen molar-refractivity contribution in [1.82, 2.24) is 25.4 Å². The van der Waals surface area contributed by atoms with Crippen molar-refractivity contribution in [3.05, 3.63) is 41.5 Å². The van der Waals surface area contributed by atoms with Crippen LogP contribution < -0.4 is 15.4 Å². The topological polar surface area (TPSA) is 76.4 Å². The van der Waals surface area contributed by atoms with Crippen LogP contribution in [0.2, 0.25) is 0 Å². The van der Waals surface area contributed by atoms with Gasteiger partial charge in [-0.15, -0.1) is 10.2 Å². The highest BCUT2D eigenvalue weighted by Gasteiger charge is 2.14. The fourth-order valence-corrected chi connectivity index (χ4v) is 3.78. The number of hydrogen-bond acceptors (Lipinski definition) is 4. The van der Waals surface area contributed by atoms with Gasteiger partial charge < -0.3 is 19.9 Å². The summed E-state index contributed by atoms with van der Waals surface area (Å²) in [6.45, 7) is 9.09. The Morgan fingerprint density at radius 2 is 1.94 bits per heavy atom. The molecule has 0 saturated heterocycles. The van der Waals surface area contributed by atoms with Gasteiger partial charge in [-0.2, -0.15) is 0 Å². The average molecular weight is 427 g/mol. The van der Waals surface area contributed by atoms with E-state index in [0.29, 0.717) is 5.92 Å². The van der Waals surface area contributed by atoms with Gasteiger partial charge in [0.2, 0.25) is 0 Å². The summed E-state index contributed by atoms with van der Waals surface area (Å²) in [5.41, 5.74) is 1.20. The fraction of sp³-hybridized carbons (Fsp3) is 0.625. The SMILES string of the molecule is CN=C(NCCCc1nnc2n1CCCCC2)NC(C)c1ccc(OCC(C)C)cc1. The molecule has 1 atom stereocenters. The Bertz CT molecular complexity index is 827. The molecule has 1 unspecified atom stereocenters. The zero-order chi connectivity index (χ0) is 22.1. The maximum absolute atomic E-state index is 5.77. The zero-order valence-corrected chi connectivity index (χ0v) is 19.5. The molecule has 3 rings (SSSR count). The van der Waals surface area contributed by atoms with Crippen LogP contribution in [0.5, 0.6) is 5.75 Å². The van der Waals surface area contributed by atoms with E-state index in [1.165, 1.54) is 24.8 Å². The van der Waals surface area contributed by atoms with E-state index < -0.39 is 0 Å². The fourth-order valence-electron chi connectivity index (χ4n) is 3.78. The van der Waals surface area contributed by atoms with Crippen LogP contribution in [0, 0.1) is 5.92 Å². The molecule has 0 radical (unpaired) electrons. The molecule has 31 heavy (non-hydrogen) atoms. The summed E-state index contributed by atoms with van der Waals surface area (Å²) in [6, 6.07) is 8.44. The monoisotopic (exact) mass is 426 g/mol. The summed E-state index contributed by atoms with van der Waals surface area (Å²) in [7, 11) is 1.81. The number of ether oxygens (including phenoxy) is 1. The van der Waals surface area contributed by atoms with Gasteiger partial charge in [0.15, 0.2) is 5.96 Å². The minimum atomic E-state index is 0.151. The van der Waals surface area contributed by atoms with Crippen LogP contribution in [0.4, 0.5) is 0 Å². The Balaban J connectivity index is 1.42. The van der Waals surface area contributed by atoms with Crippen LogP contribution >= 0.6 is 0 Å². The number of fused-ring (bicyclic) bond motifs is 1. The van der Waals surface area contributed by atoms with E-state index in [1.54, 1.807) is 0 Å². The lowest BCUT2D eigenvalue weighted by Gasteiger charge is -2.19. The highest BCUT2D eigenvalue weighted by atomic mass is 16.5. The number of aryl methyl sites for hydroxylation is 2. The van der Waals surface area contributed by atoms with E-state index in [9.17, 15) is 0 Å². The largest absolute Gasteiger partial charge is 0.493 e. The highest BCUT2D eigenvalue weighted by Crippen LogP contribution is 2.18. The first-order valence-corrected chi connectivity index (χ1v) is 11.7. The Morgan fingerprint density at radius 1 is 1.13 bits per heavy atom. The van der Waals surface area contributed by atoms with E-state index in [2.05, 4.69) is 63.3 Å². The zero-order valence-electron chi connectivity index (χ0n) is 19.5. The number of hydrogen-bond donors (Lipinski definition) is 2. The molecule has 7 heteroatoms. The normalized spacial score (nSPS) is 15.3. The molecular formula is C24H38N6O. The second kappa shape index (κ2) is 11.7. The highest BCUT2D eigenvalue weighted by molar-refractivity contribution is 5.80. The molecule has 1 aliphatic rings. The Morgan fingerprint density at radius 3 is 2.68 bits per heavy atom. The number of nitrogens with zero attached hydrogens (tertiary/aromatic N) is 4. The molecule has 0 amide bonds. The first kappa shape index (κ1) is 23.1. The van der Waals surface area contributed by atoms with Crippen molar-refractivity contribution in [2.45, 2.75) is 71.9 Å². The van der Waals surface area contributed by atoms with Crippen LogP contribution in [-0.4, -0.2) is 40.9 Å². The second-order valence-electron chi connectivity index (χ2n) is 8.74. The van der Waals surface area contributed by atoms with Gasteiger partial charge in [-0.25, -0.2) is 0 Å². The lowest BCUT2D eigenvalue weighted by Crippen LogP contribution is -2.39. The molecular weight excluding hydrogens is 388 g/mol. The van der Waals surface area contributed by atoms with E-state index in [-0.39, 0.29) is 6.04 Å². The van der Waals surface area contributed by atoms with Crippen molar-refractivity contribution in [3.8, 4) is 5.75 Å². The number of nitrogens with one attached hydrogen (secondary N) is 2. The van der Waals surface area contributed by atoms with Crippen LogP contribution in [-0.2, 0) is 19.4 Å². The van der Waals surface area contributed by atoms with Gasteiger partial charge in [0.25, 0.3) is 0 Å². The van der Waals surface area contributed by atoms with Crippen LogP contribution in [0.1, 0.15) is 69.7 Å². The molecule has 0 bridgehead atoms. The number of guanidine groups is 1. The number of aliphatic imine (C=N–C) groups is 1. The molecule has 0 aliphatic carbocycles. The first-order valence-electron chi connectivity index (χ1n) is 11.7. The summed E-state index contributed by atoms with van der Waals surface area (Å²) in [6.07, 6.45) is 6.74. The second-order valence-corrected chi connectivity index (χ2v) is 8.74. The lowest BCUT2D eigenvalue weighted by atomic mass is 10.1. The summed E-state index contributed by atoms with van der Waals surface area (Å²) in [5, 5.41) is 15.7. The minimum Gasteiger partial charge on any atom is -0.493 e. The van der Waals surface area contributed by atoms with Gasteiger partial charge in [-0.3, -0.25) is 4.99 Å². The Kier molecular flexibility index (Phi) is 8.74. The standard InChI is InChI=1S/C24H38N6O/c1-18(2)17-31-21-13-11-20(12-14-21)19(3)27-24(25-4)26-15-8-10-23-29-28-22-9-6-5-7-16-30(22)23/h11-14,18-19H,5-10,15-17H2,1-4H3,(H2,25,26,27). The number of benzene rings is 1. The van der Waals surface area contributed by atoms with E-state index in [4.69, 9.17) is 4.74 Å². The molecule has 170 valence electrons. The van der Waals surface area contributed by atoms with Gasteiger partial charge in [0.05, 0.1) is 12.6 Å². The summed E-state index contributed by atoms with van der Waals surface area (Å²) >= 11 is 0. The van der Waals surface area contributed by atoms with Gasteiger partial charge in [0.1, 0.15) is 17.4 Å². The summed E-state index contributed by atoms with van der Waals surface area (Å²) in [5.74, 6) is 4.53. The molecule has 0 fully saturated rings. The third kappa shape index (κ3) is 6.97. The van der Waals surface area contributed by atoms with Crippen LogP contribution in [0.25, 0.3) is 0 Å². The molecule has 0 spiro atoms. The molecule has 1 aromatic carbocycles.